The second-order valence-corrected chi connectivity index (χ2v) is 5.69. The molecule has 0 aromatic carbocycles. The van der Waals surface area contributed by atoms with Gasteiger partial charge in [-0.05, 0) is 30.2 Å². The quantitative estimate of drug-likeness (QED) is 0.859. The Morgan fingerprint density at radius 1 is 1.29 bits per heavy atom. The highest BCUT2D eigenvalue weighted by Crippen LogP contribution is 2.18. The summed E-state index contributed by atoms with van der Waals surface area (Å²) >= 11 is 1.15. The van der Waals surface area contributed by atoms with Gasteiger partial charge in [0.25, 0.3) is 5.91 Å². The molecule has 0 saturated carbocycles. The van der Waals surface area contributed by atoms with E-state index in [1.54, 1.807) is 12.1 Å². The molecule has 112 valence electrons. The van der Waals surface area contributed by atoms with Crippen molar-refractivity contribution in [2.24, 2.45) is 0 Å². The fourth-order valence-corrected chi connectivity index (χ4v) is 2.81. The van der Waals surface area contributed by atoms with Crippen LogP contribution in [0.5, 0.6) is 0 Å². The zero-order valence-corrected chi connectivity index (χ0v) is 12.8. The largest absolute Gasteiger partial charge is 0.477 e. The smallest absolute Gasteiger partial charge is 0.345 e. The third kappa shape index (κ3) is 3.52. The Bertz CT molecular complexity index is 635. The number of amides is 1. The average Bonchev–Trinajstić information content (AvgIpc) is 3.10. The van der Waals surface area contributed by atoms with Crippen LogP contribution in [0.2, 0.25) is 0 Å². The topological polar surface area (TPSA) is 79.5 Å². The number of carbonyl (C=O) groups is 2. The van der Waals surface area contributed by atoms with Gasteiger partial charge in [-0.15, -0.1) is 11.3 Å². The third-order valence-electron chi connectivity index (χ3n) is 3.12. The van der Waals surface area contributed by atoms with Crippen molar-refractivity contribution in [3.8, 4) is 0 Å². The molecule has 0 bridgehead atoms. The third-order valence-corrected chi connectivity index (χ3v) is 4.19. The maximum Gasteiger partial charge on any atom is 0.345 e. The fraction of sp³-hybridized carbons (Fsp3) is 0.333. The van der Waals surface area contributed by atoms with Crippen LogP contribution in [0, 0.1) is 0 Å². The summed E-state index contributed by atoms with van der Waals surface area (Å²) in [6, 6.07) is 5.00. The molecule has 0 radical (unpaired) electrons. The van der Waals surface area contributed by atoms with Crippen molar-refractivity contribution < 1.29 is 19.1 Å². The molecule has 1 amide bonds. The summed E-state index contributed by atoms with van der Waals surface area (Å²) in [5, 5.41) is 11.6. The molecule has 2 rings (SSSR count). The molecule has 0 aliphatic heterocycles. The predicted molar refractivity (Wildman–Crippen MR) is 79.9 cm³/mol. The van der Waals surface area contributed by atoms with E-state index in [1.165, 1.54) is 6.07 Å². The van der Waals surface area contributed by atoms with Crippen molar-refractivity contribution in [3.63, 3.8) is 0 Å². The number of nitrogens with one attached hydrogen (secondary N) is 1. The lowest BCUT2D eigenvalue weighted by molar-refractivity contribution is 0.0702. The van der Waals surface area contributed by atoms with Crippen LogP contribution in [0.4, 0.5) is 0 Å². The van der Waals surface area contributed by atoms with Crippen molar-refractivity contribution in [2.75, 3.05) is 0 Å². The van der Waals surface area contributed by atoms with Crippen molar-refractivity contribution in [2.45, 2.75) is 33.2 Å². The molecule has 2 heterocycles. The van der Waals surface area contributed by atoms with Gasteiger partial charge in [-0.2, -0.15) is 0 Å². The second kappa shape index (κ2) is 6.58. The van der Waals surface area contributed by atoms with Crippen molar-refractivity contribution in [3.05, 3.63) is 45.0 Å². The Hall–Kier alpha value is -2.08. The minimum absolute atomic E-state index is 0.263. The lowest BCUT2D eigenvalue weighted by atomic mass is 10.1. The molecule has 0 aliphatic rings. The molecule has 2 N–H and O–H groups in total. The molecule has 0 unspecified atom stereocenters. The molecular weight excluding hydrogens is 290 g/mol. The first-order valence-corrected chi connectivity index (χ1v) is 7.58. The van der Waals surface area contributed by atoms with Crippen molar-refractivity contribution in [1.29, 1.82) is 0 Å². The number of thiophene rings is 1. The van der Waals surface area contributed by atoms with Gasteiger partial charge < -0.3 is 14.8 Å². The van der Waals surface area contributed by atoms with Gasteiger partial charge in [-0.3, -0.25) is 4.79 Å². The van der Waals surface area contributed by atoms with Gasteiger partial charge in [0.2, 0.25) is 0 Å². The van der Waals surface area contributed by atoms with E-state index in [4.69, 9.17) is 9.52 Å². The number of carboxylic acid groups (broad SMARTS) is 1. The molecule has 0 fully saturated rings. The summed E-state index contributed by atoms with van der Waals surface area (Å²) in [5.74, 6) is -0.0934. The van der Waals surface area contributed by atoms with Gasteiger partial charge in [-0.25, -0.2) is 4.79 Å². The number of hydrogen-bond donors (Lipinski definition) is 2. The van der Waals surface area contributed by atoms with Crippen LogP contribution >= 0.6 is 11.3 Å². The van der Waals surface area contributed by atoms with E-state index >= 15 is 0 Å². The lowest BCUT2D eigenvalue weighted by Gasteiger charge is -2.00. The molecule has 21 heavy (non-hydrogen) atoms. The number of carbonyl (C=O) groups excluding carboxylic acids is 1. The summed E-state index contributed by atoms with van der Waals surface area (Å²) in [6.45, 7) is 4.30. The minimum Gasteiger partial charge on any atom is -0.477 e. The molecule has 0 spiro atoms. The van der Waals surface area contributed by atoms with Crippen LogP contribution in [-0.2, 0) is 19.4 Å². The van der Waals surface area contributed by atoms with Crippen LogP contribution in [0.3, 0.4) is 0 Å². The first-order valence-electron chi connectivity index (χ1n) is 6.76. The molecular formula is C15H17NO4S. The fourth-order valence-electron chi connectivity index (χ4n) is 2.02. The van der Waals surface area contributed by atoms with E-state index < -0.39 is 5.97 Å². The maximum absolute atomic E-state index is 12.0. The zero-order valence-electron chi connectivity index (χ0n) is 11.9. The van der Waals surface area contributed by atoms with Gasteiger partial charge >= 0.3 is 5.97 Å². The average molecular weight is 307 g/mol. The van der Waals surface area contributed by atoms with E-state index in [1.807, 2.05) is 13.8 Å². The van der Waals surface area contributed by atoms with Gasteiger partial charge in [0.1, 0.15) is 10.6 Å². The molecule has 5 nitrogen and oxygen atoms in total. The van der Waals surface area contributed by atoms with Crippen molar-refractivity contribution in [1.82, 2.24) is 5.32 Å². The number of rotatable bonds is 6. The number of furan rings is 1. The normalized spacial score (nSPS) is 10.6. The van der Waals surface area contributed by atoms with Gasteiger partial charge in [-0.1, -0.05) is 13.8 Å². The Labute approximate surface area is 126 Å². The summed E-state index contributed by atoms with van der Waals surface area (Å²) in [5.41, 5.74) is 1.05. The molecule has 6 heteroatoms. The number of carboxylic acids is 1. The molecule has 0 saturated heterocycles. The highest BCUT2D eigenvalue weighted by atomic mass is 32.1. The number of hydrogen-bond acceptors (Lipinski definition) is 4. The van der Waals surface area contributed by atoms with E-state index in [0.29, 0.717) is 12.3 Å². The SMILES string of the molecule is CCc1cc(C(=O)NCc2ccc(C(=O)O)s2)oc1CC. The van der Waals surface area contributed by atoms with E-state index in [-0.39, 0.29) is 10.8 Å². The first-order chi connectivity index (χ1) is 10.0. The van der Waals surface area contributed by atoms with E-state index in [0.717, 1.165) is 40.4 Å². The standard InChI is InChI=1S/C15H17NO4S/c1-3-9-7-12(20-11(9)4-2)14(17)16-8-10-5-6-13(21-10)15(18)19/h5-7H,3-4,8H2,1-2H3,(H,16,17)(H,18,19). The van der Waals surface area contributed by atoms with Crippen LogP contribution in [0.25, 0.3) is 0 Å². The van der Waals surface area contributed by atoms with E-state index in [9.17, 15) is 9.59 Å². The molecule has 2 aromatic heterocycles. The van der Waals surface area contributed by atoms with Crippen LogP contribution < -0.4 is 5.32 Å². The summed E-state index contributed by atoms with van der Waals surface area (Å²) in [7, 11) is 0. The van der Waals surface area contributed by atoms with Crippen LogP contribution in [0.1, 0.15) is 50.3 Å². The summed E-state index contributed by atoms with van der Waals surface area (Å²) < 4.78 is 5.55. The Morgan fingerprint density at radius 2 is 2.05 bits per heavy atom. The Morgan fingerprint density at radius 3 is 2.57 bits per heavy atom. The Balaban J connectivity index is 2.00. The van der Waals surface area contributed by atoms with Crippen LogP contribution in [0.15, 0.2) is 22.6 Å². The van der Waals surface area contributed by atoms with Gasteiger partial charge in [0.05, 0.1) is 6.54 Å². The highest BCUT2D eigenvalue weighted by Gasteiger charge is 2.15. The molecule has 0 aliphatic carbocycles. The zero-order chi connectivity index (χ0) is 15.4. The highest BCUT2D eigenvalue weighted by molar-refractivity contribution is 7.13. The maximum atomic E-state index is 12.0. The Kier molecular flexibility index (Phi) is 4.80. The number of aryl methyl sites for hydroxylation is 2. The van der Waals surface area contributed by atoms with Gasteiger partial charge in [0, 0.05) is 11.3 Å². The summed E-state index contributed by atoms with van der Waals surface area (Å²) in [4.78, 5) is 23.9. The van der Waals surface area contributed by atoms with Gasteiger partial charge in [0.15, 0.2) is 5.76 Å². The molecule has 0 atom stereocenters. The number of aromatic carboxylic acids is 1. The second-order valence-electron chi connectivity index (χ2n) is 4.52. The van der Waals surface area contributed by atoms with E-state index in [2.05, 4.69) is 5.32 Å². The first kappa shape index (κ1) is 15.3. The predicted octanol–water partition coefficient (Wildman–Crippen LogP) is 3.09. The van der Waals surface area contributed by atoms with Crippen molar-refractivity contribution >= 4 is 23.2 Å². The monoisotopic (exact) mass is 307 g/mol. The summed E-state index contributed by atoms with van der Waals surface area (Å²) in [6.07, 6.45) is 1.58. The molecule has 2 aromatic rings. The minimum atomic E-state index is -0.955. The lowest BCUT2D eigenvalue weighted by Crippen LogP contribution is -2.21. The van der Waals surface area contributed by atoms with Crippen LogP contribution in [-0.4, -0.2) is 17.0 Å².